The number of ether oxygens (including phenoxy) is 1. The largest absolute Gasteiger partial charge is 0.497 e. The smallest absolute Gasteiger partial charge is 0.230 e. The molecule has 2 aromatic rings. The van der Waals surface area contributed by atoms with Gasteiger partial charge in [-0.2, -0.15) is 0 Å². The molecule has 4 fully saturated rings. The fraction of sp³-hybridized carbons (Fsp3) is 0.619. The molecule has 3 saturated heterocycles. The van der Waals surface area contributed by atoms with Gasteiger partial charge in [0.15, 0.2) is 0 Å². The first kappa shape index (κ1) is 17.2. The Bertz CT molecular complexity index is 771. The summed E-state index contributed by atoms with van der Waals surface area (Å²) in [4.78, 5) is 5.19. The molecule has 4 heterocycles. The van der Waals surface area contributed by atoms with Gasteiger partial charge in [-0.15, -0.1) is 10.2 Å². The van der Waals surface area contributed by atoms with Crippen molar-refractivity contribution in [1.82, 2.24) is 20.0 Å². The fourth-order valence-corrected chi connectivity index (χ4v) is 4.59. The van der Waals surface area contributed by atoms with Crippen molar-refractivity contribution in [3.8, 4) is 5.75 Å². The van der Waals surface area contributed by atoms with Crippen LogP contribution in [0.4, 0.5) is 0 Å². The molecule has 0 radical (unpaired) electrons. The molecule has 144 valence electrons. The second-order valence-corrected chi connectivity index (χ2v) is 8.38. The first-order chi connectivity index (χ1) is 13.3. The maximum Gasteiger partial charge on any atom is 0.230 e. The van der Waals surface area contributed by atoms with Crippen molar-refractivity contribution in [3.05, 3.63) is 41.6 Å². The second-order valence-electron chi connectivity index (χ2n) is 8.38. The van der Waals surface area contributed by atoms with Crippen LogP contribution >= 0.6 is 0 Å². The minimum atomic E-state index is 0.534. The molecule has 0 amide bonds. The van der Waals surface area contributed by atoms with E-state index in [-0.39, 0.29) is 0 Å². The lowest BCUT2D eigenvalue weighted by molar-refractivity contribution is 0.111. The lowest BCUT2D eigenvalue weighted by atomic mass is 9.95. The molecular formula is C21H28N4O2. The average Bonchev–Trinajstić information content (AvgIpc) is 3.48. The van der Waals surface area contributed by atoms with Gasteiger partial charge in [0, 0.05) is 38.1 Å². The highest BCUT2D eigenvalue weighted by molar-refractivity contribution is 5.27. The van der Waals surface area contributed by atoms with E-state index < -0.39 is 0 Å². The zero-order valence-electron chi connectivity index (χ0n) is 16.0. The van der Waals surface area contributed by atoms with E-state index >= 15 is 0 Å². The third-order valence-electron chi connectivity index (χ3n) is 6.22. The van der Waals surface area contributed by atoms with Gasteiger partial charge in [0.1, 0.15) is 5.75 Å². The Morgan fingerprint density at radius 3 is 2.63 bits per heavy atom. The maximum absolute atomic E-state index is 5.91. The van der Waals surface area contributed by atoms with Crippen LogP contribution in [0.3, 0.4) is 0 Å². The van der Waals surface area contributed by atoms with Crippen LogP contribution in [0, 0.1) is 5.92 Å². The first-order valence-corrected chi connectivity index (χ1v) is 10.2. The lowest BCUT2D eigenvalue weighted by Gasteiger charge is -2.35. The number of piperidine rings is 1. The molecule has 6 rings (SSSR count). The van der Waals surface area contributed by atoms with Gasteiger partial charge < -0.3 is 9.15 Å². The van der Waals surface area contributed by atoms with Gasteiger partial charge in [-0.3, -0.25) is 9.80 Å². The number of fused-ring (bicyclic) bond motifs is 4. The highest BCUT2D eigenvalue weighted by Crippen LogP contribution is 2.39. The van der Waals surface area contributed by atoms with Crippen LogP contribution < -0.4 is 4.74 Å². The normalized spacial score (nSPS) is 26.3. The van der Waals surface area contributed by atoms with Gasteiger partial charge in [-0.25, -0.2) is 0 Å². The molecule has 1 aliphatic carbocycles. The molecule has 0 N–H and O–H groups in total. The molecule has 3 aliphatic heterocycles. The van der Waals surface area contributed by atoms with Gasteiger partial charge in [-0.05, 0) is 49.3 Å². The zero-order valence-corrected chi connectivity index (χ0v) is 16.0. The van der Waals surface area contributed by atoms with Gasteiger partial charge in [0.2, 0.25) is 11.8 Å². The van der Waals surface area contributed by atoms with Crippen molar-refractivity contribution in [3.63, 3.8) is 0 Å². The minimum absolute atomic E-state index is 0.534. The molecule has 6 heteroatoms. The maximum atomic E-state index is 5.91. The molecular weight excluding hydrogens is 340 g/mol. The monoisotopic (exact) mass is 368 g/mol. The summed E-state index contributed by atoms with van der Waals surface area (Å²) in [6.07, 6.45) is 5.01. The van der Waals surface area contributed by atoms with E-state index in [1.807, 2.05) is 0 Å². The Kier molecular flexibility index (Phi) is 4.61. The van der Waals surface area contributed by atoms with Gasteiger partial charge in [-0.1, -0.05) is 12.1 Å². The van der Waals surface area contributed by atoms with Crippen LogP contribution in [-0.4, -0.2) is 52.8 Å². The van der Waals surface area contributed by atoms with Crippen molar-refractivity contribution in [1.29, 1.82) is 0 Å². The quantitative estimate of drug-likeness (QED) is 0.781. The topological polar surface area (TPSA) is 54.6 Å². The Balaban J connectivity index is 1.23. The summed E-state index contributed by atoms with van der Waals surface area (Å²) >= 11 is 0. The van der Waals surface area contributed by atoms with Crippen molar-refractivity contribution >= 4 is 0 Å². The van der Waals surface area contributed by atoms with E-state index in [0.29, 0.717) is 12.0 Å². The summed E-state index contributed by atoms with van der Waals surface area (Å²) in [5, 5.41) is 8.56. The Hall–Kier alpha value is -1.92. The molecule has 1 saturated carbocycles. The SMILES string of the molecule is COc1ccc(CN2C[C@H]3CC[C@@H](C2)N(Cc2nnc(C4CC4)o2)C3)cc1. The second kappa shape index (κ2) is 7.24. The van der Waals surface area contributed by atoms with Crippen molar-refractivity contribution in [2.24, 2.45) is 5.92 Å². The van der Waals surface area contributed by atoms with E-state index in [0.717, 1.165) is 49.6 Å². The average molecular weight is 368 g/mol. The summed E-state index contributed by atoms with van der Waals surface area (Å²) in [7, 11) is 1.72. The minimum Gasteiger partial charge on any atom is -0.497 e. The number of rotatable bonds is 6. The van der Waals surface area contributed by atoms with Crippen molar-refractivity contribution in [2.75, 3.05) is 26.7 Å². The molecule has 0 spiro atoms. The highest BCUT2D eigenvalue weighted by atomic mass is 16.5. The van der Waals surface area contributed by atoms with E-state index in [1.165, 1.54) is 37.8 Å². The van der Waals surface area contributed by atoms with Crippen molar-refractivity contribution in [2.45, 2.75) is 50.7 Å². The van der Waals surface area contributed by atoms with Crippen LogP contribution in [0.2, 0.25) is 0 Å². The highest BCUT2D eigenvalue weighted by Gasteiger charge is 2.36. The number of benzene rings is 1. The fourth-order valence-electron chi connectivity index (χ4n) is 4.59. The van der Waals surface area contributed by atoms with Crippen LogP contribution in [0.5, 0.6) is 5.75 Å². The number of nitrogens with zero attached hydrogens (tertiary/aromatic N) is 4. The van der Waals surface area contributed by atoms with Gasteiger partial charge in [0.25, 0.3) is 0 Å². The van der Waals surface area contributed by atoms with Crippen LogP contribution in [0.1, 0.15) is 48.9 Å². The van der Waals surface area contributed by atoms with E-state index in [2.05, 4.69) is 44.3 Å². The third kappa shape index (κ3) is 3.87. The molecule has 1 aromatic carbocycles. The summed E-state index contributed by atoms with van der Waals surface area (Å²) in [5.74, 6) is 3.84. The number of hydrogen-bond donors (Lipinski definition) is 0. The number of aromatic nitrogens is 2. The standard InChI is InChI=1S/C21H28N4O2/c1-26-19-8-3-15(4-9-19)10-24-11-16-2-7-18(13-24)25(12-16)14-20-22-23-21(27-20)17-5-6-17/h3-4,8-9,16-18H,2,5-7,10-14H2,1H3/t16-,18+/m1/s1. The zero-order chi connectivity index (χ0) is 18.2. The van der Waals surface area contributed by atoms with E-state index in [4.69, 9.17) is 9.15 Å². The van der Waals surface area contributed by atoms with Gasteiger partial charge >= 0.3 is 0 Å². The van der Waals surface area contributed by atoms with E-state index in [1.54, 1.807) is 7.11 Å². The predicted octanol–water partition coefficient (Wildman–Crippen LogP) is 3.05. The molecule has 2 bridgehead atoms. The summed E-state index contributed by atoms with van der Waals surface area (Å²) in [6.45, 7) is 5.25. The lowest BCUT2D eigenvalue weighted by Crippen LogP contribution is -2.43. The number of hydrogen-bond acceptors (Lipinski definition) is 6. The van der Waals surface area contributed by atoms with E-state index in [9.17, 15) is 0 Å². The first-order valence-electron chi connectivity index (χ1n) is 10.2. The molecule has 6 nitrogen and oxygen atoms in total. The molecule has 4 aliphatic rings. The molecule has 0 unspecified atom stereocenters. The Morgan fingerprint density at radius 2 is 1.85 bits per heavy atom. The molecule has 1 aromatic heterocycles. The van der Waals surface area contributed by atoms with Crippen molar-refractivity contribution < 1.29 is 9.15 Å². The Morgan fingerprint density at radius 1 is 1.00 bits per heavy atom. The van der Waals surface area contributed by atoms with Crippen LogP contribution in [0.25, 0.3) is 0 Å². The summed E-state index contributed by atoms with van der Waals surface area (Å²) < 4.78 is 11.2. The summed E-state index contributed by atoms with van der Waals surface area (Å²) in [5.41, 5.74) is 1.36. The predicted molar refractivity (Wildman–Crippen MR) is 101 cm³/mol. The van der Waals surface area contributed by atoms with Crippen LogP contribution in [-0.2, 0) is 13.1 Å². The van der Waals surface area contributed by atoms with Gasteiger partial charge in [0.05, 0.1) is 13.7 Å². The summed E-state index contributed by atoms with van der Waals surface area (Å²) in [6, 6.07) is 9.06. The molecule has 27 heavy (non-hydrogen) atoms. The van der Waals surface area contributed by atoms with Crippen LogP contribution in [0.15, 0.2) is 28.7 Å². The Labute approximate surface area is 160 Å². The number of methoxy groups -OCH3 is 1. The third-order valence-corrected chi connectivity index (χ3v) is 6.22. The molecule has 2 atom stereocenters.